The summed E-state index contributed by atoms with van der Waals surface area (Å²) >= 11 is 0. The van der Waals surface area contributed by atoms with Crippen molar-refractivity contribution in [2.45, 2.75) is 52.6 Å². The Bertz CT molecular complexity index is 402. The van der Waals surface area contributed by atoms with Crippen LogP contribution in [-0.4, -0.2) is 47.1 Å². The van der Waals surface area contributed by atoms with Crippen molar-refractivity contribution in [3.63, 3.8) is 0 Å². The van der Waals surface area contributed by atoms with Gasteiger partial charge in [-0.3, -0.25) is 0 Å². The Labute approximate surface area is 116 Å². The third-order valence-electron chi connectivity index (χ3n) is 4.06. The zero-order chi connectivity index (χ0) is 14.0. The SMILES string of the molecule is Cc1cc(C)nc(N(C)C2CCN(C(C)C)CC2)n1. The molecule has 1 aromatic heterocycles. The molecule has 1 aliphatic rings. The molecule has 4 heteroatoms. The Hall–Kier alpha value is -1.16. The summed E-state index contributed by atoms with van der Waals surface area (Å²) in [5, 5.41) is 0. The molecule has 0 unspecified atom stereocenters. The fourth-order valence-corrected chi connectivity index (χ4v) is 2.82. The fraction of sp³-hybridized carbons (Fsp3) is 0.733. The Morgan fingerprint density at radius 1 is 1.16 bits per heavy atom. The lowest BCUT2D eigenvalue weighted by Gasteiger charge is -2.38. The van der Waals surface area contributed by atoms with Gasteiger partial charge in [-0.25, -0.2) is 9.97 Å². The first-order chi connectivity index (χ1) is 8.97. The van der Waals surface area contributed by atoms with E-state index in [1.165, 1.54) is 25.9 Å². The quantitative estimate of drug-likeness (QED) is 0.837. The van der Waals surface area contributed by atoms with Crippen molar-refractivity contribution in [3.05, 3.63) is 17.5 Å². The minimum absolute atomic E-state index is 0.566. The summed E-state index contributed by atoms with van der Waals surface area (Å²) in [5.74, 6) is 0.875. The number of rotatable bonds is 3. The smallest absolute Gasteiger partial charge is 0.225 e. The third kappa shape index (κ3) is 3.44. The van der Waals surface area contributed by atoms with Crippen molar-refractivity contribution in [3.8, 4) is 0 Å². The van der Waals surface area contributed by atoms with Gasteiger partial charge in [0.2, 0.25) is 5.95 Å². The van der Waals surface area contributed by atoms with Crippen molar-refractivity contribution in [2.24, 2.45) is 0 Å². The van der Waals surface area contributed by atoms with Crippen LogP contribution in [0.15, 0.2) is 6.07 Å². The second-order valence-electron chi connectivity index (χ2n) is 5.92. The topological polar surface area (TPSA) is 32.3 Å². The number of piperidine rings is 1. The lowest BCUT2D eigenvalue weighted by molar-refractivity contribution is 0.171. The second-order valence-corrected chi connectivity index (χ2v) is 5.92. The number of nitrogens with zero attached hydrogens (tertiary/aromatic N) is 4. The maximum Gasteiger partial charge on any atom is 0.225 e. The first-order valence-corrected chi connectivity index (χ1v) is 7.26. The van der Waals surface area contributed by atoms with Crippen LogP contribution in [-0.2, 0) is 0 Å². The average Bonchev–Trinajstić information content (AvgIpc) is 2.37. The van der Waals surface area contributed by atoms with Crippen LogP contribution in [0, 0.1) is 13.8 Å². The van der Waals surface area contributed by atoms with Crippen LogP contribution in [0.2, 0.25) is 0 Å². The Kier molecular flexibility index (Phi) is 4.40. The molecule has 0 aliphatic carbocycles. The average molecular weight is 262 g/mol. The van der Waals surface area contributed by atoms with Gasteiger partial charge in [0.1, 0.15) is 0 Å². The molecule has 0 atom stereocenters. The van der Waals surface area contributed by atoms with Crippen molar-refractivity contribution >= 4 is 5.95 Å². The van der Waals surface area contributed by atoms with Crippen LogP contribution in [0.1, 0.15) is 38.1 Å². The van der Waals surface area contributed by atoms with Gasteiger partial charge in [-0.1, -0.05) is 0 Å². The first-order valence-electron chi connectivity index (χ1n) is 7.26. The van der Waals surface area contributed by atoms with Crippen LogP contribution in [0.3, 0.4) is 0 Å². The van der Waals surface area contributed by atoms with Crippen molar-refractivity contribution in [1.82, 2.24) is 14.9 Å². The number of aromatic nitrogens is 2. The van der Waals surface area contributed by atoms with E-state index in [4.69, 9.17) is 0 Å². The highest BCUT2D eigenvalue weighted by molar-refractivity contribution is 5.32. The normalized spacial score (nSPS) is 18.0. The monoisotopic (exact) mass is 262 g/mol. The molecule has 2 heterocycles. The molecule has 0 radical (unpaired) electrons. The highest BCUT2D eigenvalue weighted by Gasteiger charge is 2.25. The minimum atomic E-state index is 0.566. The third-order valence-corrected chi connectivity index (χ3v) is 4.06. The van der Waals surface area contributed by atoms with Crippen LogP contribution < -0.4 is 4.90 Å². The molecule has 2 rings (SSSR count). The van der Waals surface area contributed by atoms with Gasteiger partial charge < -0.3 is 9.80 Å². The predicted molar refractivity (Wildman–Crippen MR) is 79.6 cm³/mol. The molecule has 19 heavy (non-hydrogen) atoms. The van der Waals surface area contributed by atoms with Gasteiger partial charge in [-0.15, -0.1) is 0 Å². The van der Waals surface area contributed by atoms with Crippen molar-refractivity contribution in [1.29, 1.82) is 0 Å². The summed E-state index contributed by atoms with van der Waals surface area (Å²) in [6.45, 7) is 11.0. The summed E-state index contributed by atoms with van der Waals surface area (Å²) in [4.78, 5) is 13.9. The second kappa shape index (κ2) is 5.87. The molecule has 0 bridgehead atoms. The number of anilines is 1. The first kappa shape index (κ1) is 14.3. The van der Waals surface area contributed by atoms with Crippen LogP contribution in [0.4, 0.5) is 5.95 Å². The molecule has 0 saturated carbocycles. The summed E-state index contributed by atoms with van der Waals surface area (Å²) in [5.41, 5.74) is 2.10. The van der Waals surface area contributed by atoms with E-state index >= 15 is 0 Å². The Morgan fingerprint density at radius 2 is 1.68 bits per heavy atom. The van der Waals surface area contributed by atoms with Crippen LogP contribution >= 0.6 is 0 Å². The number of hydrogen-bond acceptors (Lipinski definition) is 4. The number of likely N-dealkylation sites (tertiary alicyclic amines) is 1. The molecular weight excluding hydrogens is 236 g/mol. The molecule has 4 nitrogen and oxygen atoms in total. The van der Waals surface area contributed by atoms with Gasteiger partial charge in [0.25, 0.3) is 0 Å². The van der Waals surface area contributed by atoms with E-state index in [9.17, 15) is 0 Å². The summed E-state index contributed by atoms with van der Waals surface area (Å²) in [6.07, 6.45) is 2.40. The van der Waals surface area contributed by atoms with E-state index in [0.717, 1.165) is 17.3 Å². The minimum Gasteiger partial charge on any atom is -0.341 e. The molecule has 1 aromatic rings. The van der Waals surface area contributed by atoms with Gasteiger partial charge in [0.05, 0.1) is 0 Å². The van der Waals surface area contributed by atoms with E-state index in [0.29, 0.717) is 12.1 Å². The van der Waals surface area contributed by atoms with Gasteiger partial charge in [-0.2, -0.15) is 0 Å². The van der Waals surface area contributed by atoms with Crippen LogP contribution in [0.5, 0.6) is 0 Å². The maximum atomic E-state index is 4.56. The molecule has 106 valence electrons. The van der Waals surface area contributed by atoms with Crippen LogP contribution in [0.25, 0.3) is 0 Å². The Balaban J connectivity index is 2.02. The van der Waals surface area contributed by atoms with E-state index in [1.807, 2.05) is 19.9 Å². The molecule has 1 saturated heterocycles. The molecule has 1 fully saturated rings. The predicted octanol–water partition coefficient (Wildman–Crippen LogP) is 2.40. The maximum absolute atomic E-state index is 4.56. The summed E-state index contributed by atoms with van der Waals surface area (Å²) < 4.78 is 0. The van der Waals surface area contributed by atoms with Gasteiger partial charge in [-0.05, 0) is 46.6 Å². The van der Waals surface area contributed by atoms with Crippen molar-refractivity contribution < 1.29 is 0 Å². The van der Waals surface area contributed by atoms with Gasteiger partial charge >= 0.3 is 0 Å². The molecule has 0 N–H and O–H groups in total. The zero-order valence-electron chi connectivity index (χ0n) is 12.8. The molecule has 0 spiro atoms. The van der Waals surface area contributed by atoms with E-state index in [2.05, 4.69) is 40.7 Å². The molecule has 1 aliphatic heterocycles. The molecular formula is C15H26N4. The highest BCUT2D eigenvalue weighted by atomic mass is 15.3. The number of aryl methyl sites for hydroxylation is 2. The largest absolute Gasteiger partial charge is 0.341 e. The number of hydrogen-bond donors (Lipinski definition) is 0. The fourth-order valence-electron chi connectivity index (χ4n) is 2.82. The van der Waals surface area contributed by atoms with Gasteiger partial charge in [0.15, 0.2) is 0 Å². The summed E-state index contributed by atoms with van der Waals surface area (Å²) in [7, 11) is 2.13. The highest BCUT2D eigenvalue weighted by Crippen LogP contribution is 2.20. The van der Waals surface area contributed by atoms with Crippen molar-refractivity contribution in [2.75, 3.05) is 25.0 Å². The lowest BCUT2D eigenvalue weighted by Crippen LogP contribution is -2.46. The lowest BCUT2D eigenvalue weighted by atomic mass is 10.0. The standard InChI is InChI=1S/C15H26N4/c1-11(2)19-8-6-14(7-9-19)18(5)15-16-12(3)10-13(4)17-15/h10-11,14H,6-9H2,1-5H3. The Morgan fingerprint density at radius 3 is 2.16 bits per heavy atom. The van der Waals surface area contributed by atoms with E-state index in [-0.39, 0.29) is 0 Å². The molecule has 0 amide bonds. The van der Waals surface area contributed by atoms with Gasteiger partial charge in [0, 0.05) is 43.6 Å². The van der Waals surface area contributed by atoms with E-state index < -0.39 is 0 Å². The molecule has 0 aromatic carbocycles. The summed E-state index contributed by atoms with van der Waals surface area (Å²) in [6, 6.07) is 3.25. The van der Waals surface area contributed by atoms with E-state index in [1.54, 1.807) is 0 Å². The zero-order valence-corrected chi connectivity index (χ0v) is 12.8.